The monoisotopic (exact) mass is 297 g/mol. The Labute approximate surface area is 121 Å². The summed E-state index contributed by atoms with van der Waals surface area (Å²) in [5.41, 5.74) is 1.54. The number of hydrogen-bond acceptors (Lipinski definition) is 1. The van der Waals surface area contributed by atoms with Crippen molar-refractivity contribution in [2.45, 2.75) is 19.9 Å². The molecule has 2 rings (SSSR count). The highest BCUT2D eigenvalue weighted by molar-refractivity contribution is 6.37. The maximum atomic E-state index is 10.7. The second-order valence-corrected chi connectivity index (χ2v) is 4.93. The third-order valence-electron chi connectivity index (χ3n) is 2.85. The number of aliphatic carboxylic acids is 1. The van der Waals surface area contributed by atoms with Crippen LogP contribution in [0.15, 0.2) is 24.3 Å². The third kappa shape index (κ3) is 2.62. The molecule has 0 amide bonds. The van der Waals surface area contributed by atoms with Crippen molar-refractivity contribution in [1.29, 1.82) is 0 Å². The normalized spacial score (nSPS) is 11.5. The highest BCUT2D eigenvalue weighted by Crippen LogP contribution is 2.35. The molecule has 5 heteroatoms. The quantitative estimate of drug-likeness (QED) is 0.847. The van der Waals surface area contributed by atoms with E-state index in [-0.39, 0.29) is 0 Å². The van der Waals surface area contributed by atoms with Gasteiger partial charge in [0, 0.05) is 23.6 Å². The molecule has 100 valence electrons. The minimum atomic E-state index is -1.01. The van der Waals surface area contributed by atoms with Crippen molar-refractivity contribution in [3.63, 3.8) is 0 Å². The van der Waals surface area contributed by atoms with E-state index < -0.39 is 5.97 Å². The van der Waals surface area contributed by atoms with E-state index >= 15 is 0 Å². The van der Waals surface area contributed by atoms with Gasteiger partial charge in [-0.15, -0.1) is 0 Å². The molecule has 0 saturated carbocycles. The molecular formula is C14H13Cl2NO2. The van der Waals surface area contributed by atoms with Gasteiger partial charge >= 0.3 is 5.97 Å². The molecule has 0 fully saturated rings. The topological polar surface area (TPSA) is 42.2 Å². The molecule has 0 radical (unpaired) electrons. The second-order valence-electron chi connectivity index (χ2n) is 4.16. The molecule has 0 spiro atoms. The van der Waals surface area contributed by atoms with Crippen molar-refractivity contribution in [3.8, 4) is 0 Å². The van der Waals surface area contributed by atoms with Crippen LogP contribution in [-0.2, 0) is 11.3 Å². The van der Waals surface area contributed by atoms with E-state index in [0.717, 1.165) is 29.9 Å². The predicted octanol–water partition coefficient (Wildman–Crippen LogP) is 4.46. The van der Waals surface area contributed by atoms with Gasteiger partial charge in [-0.1, -0.05) is 42.3 Å². The van der Waals surface area contributed by atoms with E-state index in [2.05, 4.69) is 0 Å². The smallest absolute Gasteiger partial charge is 0.328 e. The molecule has 0 unspecified atom stereocenters. The molecule has 0 aliphatic heterocycles. The fourth-order valence-corrected chi connectivity index (χ4v) is 2.72. The Bertz CT molecular complexity index is 659. The van der Waals surface area contributed by atoms with Crippen LogP contribution < -0.4 is 0 Å². The predicted molar refractivity (Wildman–Crippen MR) is 78.9 cm³/mol. The van der Waals surface area contributed by atoms with Gasteiger partial charge < -0.3 is 9.67 Å². The molecule has 0 aliphatic carbocycles. The molecule has 1 aromatic carbocycles. The lowest BCUT2D eigenvalue weighted by Gasteiger charge is -2.05. The number of fused-ring (bicyclic) bond motifs is 1. The van der Waals surface area contributed by atoms with Gasteiger partial charge in [-0.05, 0) is 18.6 Å². The fourth-order valence-electron chi connectivity index (χ4n) is 2.11. The van der Waals surface area contributed by atoms with Gasteiger partial charge in [-0.25, -0.2) is 4.79 Å². The molecule has 3 nitrogen and oxygen atoms in total. The zero-order valence-electron chi connectivity index (χ0n) is 10.4. The summed E-state index contributed by atoms with van der Waals surface area (Å²) in [5.74, 6) is -1.01. The van der Waals surface area contributed by atoms with Gasteiger partial charge in [-0.3, -0.25) is 0 Å². The minimum absolute atomic E-state index is 0.516. The summed E-state index contributed by atoms with van der Waals surface area (Å²) in [6.07, 6.45) is 3.50. The lowest BCUT2D eigenvalue weighted by molar-refractivity contribution is -0.131. The number of carboxylic acids is 1. The van der Waals surface area contributed by atoms with Crippen LogP contribution in [0.25, 0.3) is 17.0 Å². The van der Waals surface area contributed by atoms with Gasteiger partial charge in [0.25, 0.3) is 0 Å². The Morgan fingerprint density at radius 3 is 2.79 bits per heavy atom. The lowest BCUT2D eigenvalue weighted by atomic mass is 10.1. The van der Waals surface area contributed by atoms with Gasteiger partial charge in [0.15, 0.2) is 0 Å². The zero-order valence-corrected chi connectivity index (χ0v) is 11.9. The summed E-state index contributed by atoms with van der Waals surface area (Å²) in [7, 11) is 0. The average Bonchev–Trinajstić information content (AvgIpc) is 2.62. The number of carbonyl (C=O) groups is 1. The summed E-state index contributed by atoms with van der Waals surface area (Å²) in [5, 5.41) is 10.7. The van der Waals surface area contributed by atoms with E-state index in [1.54, 1.807) is 6.07 Å². The average molecular weight is 298 g/mol. The molecule has 19 heavy (non-hydrogen) atoms. The standard InChI is InChI=1S/C14H13Cl2NO2/c1-2-8-17-13-9(4-3-5-11(13)15)10(14(17)16)6-7-12(18)19/h3-7H,2,8H2,1H3,(H,18,19)/b7-6+. The zero-order chi connectivity index (χ0) is 14.0. The van der Waals surface area contributed by atoms with Crippen molar-refractivity contribution >= 4 is 46.2 Å². The summed E-state index contributed by atoms with van der Waals surface area (Å²) >= 11 is 12.6. The Morgan fingerprint density at radius 1 is 1.42 bits per heavy atom. The number of halogens is 2. The molecule has 2 aromatic rings. The van der Waals surface area contributed by atoms with Crippen LogP contribution in [0.1, 0.15) is 18.9 Å². The molecule has 0 bridgehead atoms. The lowest BCUT2D eigenvalue weighted by Crippen LogP contribution is -1.96. The van der Waals surface area contributed by atoms with E-state index in [4.69, 9.17) is 28.3 Å². The summed E-state index contributed by atoms with van der Waals surface area (Å²) in [4.78, 5) is 10.7. The fraction of sp³-hybridized carbons (Fsp3) is 0.214. The molecule has 1 aromatic heterocycles. The third-order valence-corrected chi connectivity index (χ3v) is 3.56. The summed E-state index contributed by atoms with van der Waals surface area (Å²) < 4.78 is 1.92. The highest BCUT2D eigenvalue weighted by Gasteiger charge is 2.15. The first-order chi connectivity index (χ1) is 9.06. The van der Waals surface area contributed by atoms with Crippen LogP contribution >= 0.6 is 23.2 Å². The first kappa shape index (κ1) is 14.0. The number of aryl methyl sites for hydroxylation is 1. The van der Waals surface area contributed by atoms with Crippen LogP contribution in [-0.4, -0.2) is 15.6 Å². The Kier molecular flexibility index (Phi) is 4.17. The number of nitrogens with zero attached hydrogens (tertiary/aromatic N) is 1. The van der Waals surface area contributed by atoms with Crippen LogP contribution in [0.4, 0.5) is 0 Å². The van der Waals surface area contributed by atoms with Crippen LogP contribution in [0, 0.1) is 0 Å². The minimum Gasteiger partial charge on any atom is -0.478 e. The molecule has 1 N–H and O–H groups in total. The Balaban J connectivity index is 2.73. The first-order valence-electron chi connectivity index (χ1n) is 5.93. The van der Waals surface area contributed by atoms with Crippen LogP contribution in [0.5, 0.6) is 0 Å². The first-order valence-corrected chi connectivity index (χ1v) is 6.69. The van der Waals surface area contributed by atoms with Crippen molar-refractivity contribution < 1.29 is 9.90 Å². The summed E-state index contributed by atoms with van der Waals surface area (Å²) in [6.45, 7) is 2.78. The molecule has 1 heterocycles. The molecule has 0 atom stereocenters. The van der Waals surface area contributed by atoms with Crippen molar-refractivity contribution in [3.05, 3.63) is 40.0 Å². The van der Waals surface area contributed by atoms with Gasteiger partial charge in [0.1, 0.15) is 5.15 Å². The van der Waals surface area contributed by atoms with Crippen molar-refractivity contribution in [2.75, 3.05) is 0 Å². The van der Waals surface area contributed by atoms with E-state index in [0.29, 0.717) is 15.7 Å². The Morgan fingerprint density at radius 2 is 2.16 bits per heavy atom. The number of aromatic nitrogens is 1. The molecule has 0 aliphatic rings. The van der Waals surface area contributed by atoms with Gasteiger partial charge in [-0.2, -0.15) is 0 Å². The molecular weight excluding hydrogens is 285 g/mol. The van der Waals surface area contributed by atoms with Gasteiger partial charge in [0.2, 0.25) is 0 Å². The Hall–Kier alpha value is -1.45. The van der Waals surface area contributed by atoms with E-state index in [1.165, 1.54) is 6.08 Å². The van der Waals surface area contributed by atoms with E-state index in [9.17, 15) is 4.79 Å². The van der Waals surface area contributed by atoms with Crippen molar-refractivity contribution in [1.82, 2.24) is 4.57 Å². The SMILES string of the molecule is CCCn1c(Cl)c(/C=C/C(=O)O)c2cccc(Cl)c21. The summed E-state index contributed by atoms with van der Waals surface area (Å²) in [6, 6.07) is 5.52. The van der Waals surface area contributed by atoms with E-state index in [1.807, 2.05) is 23.6 Å². The maximum absolute atomic E-state index is 10.7. The van der Waals surface area contributed by atoms with Crippen LogP contribution in [0.2, 0.25) is 10.2 Å². The van der Waals surface area contributed by atoms with Gasteiger partial charge in [0.05, 0.1) is 10.5 Å². The van der Waals surface area contributed by atoms with Crippen molar-refractivity contribution in [2.24, 2.45) is 0 Å². The molecule has 0 saturated heterocycles. The van der Waals surface area contributed by atoms with Crippen LogP contribution in [0.3, 0.4) is 0 Å². The number of para-hydroxylation sites is 1. The largest absolute Gasteiger partial charge is 0.478 e. The number of benzene rings is 1. The number of rotatable bonds is 4. The number of carboxylic acid groups (broad SMARTS) is 1. The second kappa shape index (κ2) is 5.68. The number of hydrogen-bond donors (Lipinski definition) is 1. The maximum Gasteiger partial charge on any atom is 0.328 e. The highest BCUT2D eigenvalue weighted by atomic mass is 35.5.